The fourth-order valence-electron chi connectivity index (χ4n) is 0.980. The van der Waals surface area contributed by atoms with E-state index in [0.29, 0.717) is 17.3 Å². The zero-order valence-electron chi connectivity index (χ0n) is 8.61. The highest BCUT2D eigenvalue weighted by Crippen LogP contribution is 2.27. The van der Waals surface area contributed by atoms with Crippen molar-refractivity contribution in [3.05, 3.63) is 27.7 Å². The number of amides is 1. The van der Waals surface area contributed by atoms with Gasteiger partial charge in [0.1, 0.15) is 12.4 Å². The van der Waals surface area contributed by atoms with Crippen molar-refractivity contribution in [1.82, 2.24) is 4.90 Å². The van der Waals surface area contributed by atoms with Gasteiger partial charge in [-0.15, -0.1) is 0 Å². The van der Waals surface area contributed by atoms with Crippen molar-refractivity contribution < 1.29 is 14.6 Å². The number of ether oxygens (including phenoxy) is 1. The van der Waals surface area contributed by atoms with E-state index < -0.39 is 6.09 Å². The Labute approximate surface area is 107 Å². The molecule has 0 aliphatic heterocycles. The van der Waals surface area contributed by atoms with Crippen molar-refractivity contribution in [2.45, 2.75) is 0 Å². The second-order valence-electron chi connectivity index (χ2n) is 3.13. The first-order valence-electron chi connectivity index (χ1n) is 4.52. The summed E-state index contributed by atoms with van der Waals surface area (Å²) in [6.07, 6.45) is -0.981. The van der Waals surface area contributed by atoms with Gasteiger partial charge in [0.15, 0.2) is 0 Å². The van der Waals surface area contributed by atoms with Gasteiger partial charge in [0.2, 0.25) is 0 Å². The Kier molecular flexibility index (Phi) is 4.89. The third-order valence-corrected chi connectivity index (χ3v) is 2.69. The molecule has 0 saturated heterocycles. The highest BCUT2D eigenvalue weighted by Gasteiger charge is 2.06. The fourth-order valence-corrected chi connectivity index (χ4v) is 1.71. The molecule has 0 bridgehead atoms. The van der Waals surface area contributed by atoms with E-state index >= 15 is 0 Å². The molecule has 4 nitrogen and oxygen atoms in total. The summed E-state index contributed by atoms with van der Waals surface area (Å²) in [6.45, 7) is 0.561. The molecule has 0 aliphatic rings. The second kappa shape index (κ2) is 5.96. The fraction of sp³-hybridized carbons (Fsp3) is 0.300. The molecule has 16 heavy (non-hydrogen) atoms. The lowest BCUT2D eigenvalue weighted by molar-refractivity contribution is 0.147. The van der Waals surface area contributed by atoms with Crippen molar-refractivity contribution in [1.29, 1.82) is 0 Å². The van der Waals surface area contributed by atoms with E-state index in [4.69, 9.17) is 21.4 Å². The summed E-state index contributed by atoms with van der Waals surface area (Å²) in [6, 6.07) is 5.26. The molecule has 1 amide bonds. The predicted molar refractivity (Wildman–Crippen MR) is 65.3 cm³/mol. The van der Waals surface area contributed by atoms with Crippen LogP contribution in [0.4, 0.5) is 4.79 Å². The highest BCUT2D eigenvalue weighted by molar-refractivity contribution is 9.10. The maximum Gasteiger partial charge on any atom is 0.407 e. The summed E-state index contributed by atoms with van der Waals surface area (Å²) < 4.78 is 6.22. The molecular weight excluding hydrogens is 297 g/mol. The lowest BCUT2D eigenvalue weighted by Crippen LogP contribution is -2.29. The predicted octanol–water partition coefficient (Wildman–Crippen LogP) is 3.09. The molecule has 0 saturated carbocycles. The van der Waals surface area contributed by atoms with Crippen molar-refractivity contribution in [3.8, 4) is 5.75 Å². The van der Waals surface area contributed by atoms with Crippen LogP contribution in [0, 0.1) is 0 Å². The molecule has 0 aromatic heterocycles. The first kappa shape index (κ1) is 13.1. The van der Waals surface area contributed by atoms with Gasteiger partial charge in [-0.05, 0) is 18.2 Å². The van der Waals surface area contributed by atoms with Gasteiger partial charge in [0.25, 0.3) is 0 Å². The van der Waals surface area contributed by atoms with Crippen LogP contribution < -0.4 is 4.74 Å². The van der Waals surface area contributed by atoms with Gasteiger partial charge in [-0.1, -0.05) is 27.5 Å². The standard InChI is InChI=1S/C10H11BrClNO3/c1-13(10(14)15)4-5-16-9-3-2-7(11)6-8(9)12/h2-3,6H,4-5H2,1H3,(H,14,15). The van der Waals surface area contributed by atoms with Gasteiger partial charge >= 0.3 is 6.09 Å². The molecule has 0 radical (unpaired) electrons. The summed E-state index contributed by atoms with van der Waals surface area (Å²) in [4.78, 5) is 11.6. The molecule has 0 unspecified atom stereocenters. The molecule has 0 fully saturated rings. The van der Waals surface area contributed by atoms with E-state index in [1.54, 1.807) is 12.1 Å². The molecular formula is C10H11BrClNO3. The van der Waals surface area contributed by atoms with Crippen LogP contribution in [0.3, 0.4) is 0 Å². The maximum atomic E-state index is 10.5. The van der Waals surface area contributed by atoms with Crippen molar-refractivity contribution in [2.75, 3.05) is 20.2 Å². The molecule has 1 N–H and O–H groups in total. The Bertz CT molecular complexity index is 386. The zero-order valence-corrected chi connectivity index (χ0v) is 11.0. The highest BCUT2D eigenvalue weighted by atomic mass is 79.9. The van der Waals surface area contributed by atoms with E-state index in [1.807, 2.05) is 6.07 Å². The molecule has 6 heteroatoms. The van der Waals surface area contributed by atoms with Crippen LogP contribution in [0.2, 0.25) is 5.02 Å². The van der Waals surface area contributed by atoms with Gasteiger partial charge in [-0.3, -0.25) is 0 Å². The lowest BCUT2D eigenvalue weighted by Gasteiger charge is -2.14. The average molecular weight is 309 g/mol. The van der Waals surface area contributed by atoms with Crippen molar-refractivity contribution in [2.24, 2.45) is 0 Å². The molecule has 0 aliphatic carbocycles. The van der Waals surface area contributed by atoms with E-state index in [0.717, 1.165) is 9.37 Å². The smallest absolute Gasteiger partial charge is 0.407 e. The quantitative estimate of drug-likeness (QED) is 0.930. The molecule has 1 aromatic carbocycles. The first-order chi connectivity index (χ1) is 7.50. The van der Waals surface area contributed by atoms with Gasteiger partial charge < -0.3 is 14.7 Å². The van der Waals surface area contributed by atoms with Crippen LogP contribution in [0.1, 0.15) is 0 Å². The van der Waals surface area contributed by atoms with E-state index in [2.05, 4.69) is 15.9 Å². The molecule has 88 valence electrons. The van der Waals surface area contributed by atoms with Crippen molar-refractivity contribution in [3.63, 3.8) is 0 Å². The topological polar surface area (TPSA) is 49.8 Å². The summed E-state index contributed by atoms with van der Waals surface area (Å²) in [5.74, 6) is 0.545. The minimum absolute atomic E-state index is 0.268. The second-order valence-corrected chi connectivity index (χ2v) is 4.45. The summed E-state index contributed by atoms with van der Waals surface area (Å²) in [7, 11) is 1.48. The minimum atomic E-state index is -0.981. The normalized spacial score (nSPS) is 9.94. The van der Waals surface area contributed by atoms with Gasteiger partial charge in [0.05, 0.1) is 11.6 Å². The number of likely N-dealkylation sites (N-methyl/N-ethyl adjacent to an activating group) is 1. The molecule has 0 atom stereocenters. The number of benzene rings is 1. The van der Waals surface area contributed by atoms with E-state index in [-0.39, 0.29) is 6.61 Å². The molecule has 0 heterocycles. The summed E-state index contributed by atoms with van der Waals surface area (Å²) in [5, 5.41) is 9.10. The van der Waals surface area contributed by atoms with Crippen LogP contribution >= 0.6 is 27.5 Å². The number of carbonyl (C=O) groups is 1. The summed E-state index contributed by atoms with van der Waals surface area (Å²) >= 11 is 9.20. The van der Waals surface area contributed by atoms with Gasteiger partial charge in [-0.2, -0.15) is 0 Å². The van der Waals surface area contributed by atoms with E-state index in [9.17, 15) is 4.79 Å². The number of halogens is 2. The van der Waals surface area contributed by atoms with Crippen LogP contribution in [-0.4, -0.2) is 36.3 Å². The Morgan fingerprint density at radius 1 is 1.62 bits per heavy atom. The van der Waals surface area contributed by atoms with Crippen molar-refractivity contribution >= 4 is 33.6 Å². The molecule has 1 rings (SSSR count). The Morgan fingerprint density at radius 3 is 2.88 bits per heavy atom. The first-order valence-corrected chi connectivity index (χ1v) is 5.69. The number of rotatable bonds is 4. The zero-order chi connectivity index (χ0) is 12.1. The maximum absolute atomic E-state index is 10.5. The third-order valence-electron chi connectivity index (χ3n) is 1.90. The number of hydrogen-bond donors (Lipinski definition) is 1. The van der Waals surface area contributed by atoms with Crippen LogP contribution in [-0.2, 0) is 0 Å². The lowest BCUT2D eigenvalue weighted by atomic mass is 10.3. The summed E-state index contributed by atoms with van der Waals surface area (Å²) in [5.41, 5.74) is 0. The monoisotopic (exact) mass is 307 g/mol. The van der Waals surface area contributed by atoms with Crippen LogP contribution in [0.15, 0.2) is 22.7 Å². The largest absolute Gasteiger partial charge is 0.490 e. The number of carboxylic acid groups (broad SMARTS) is 1. The van der Waals surface area contributed by atoms with Crippen LogP contribution in [0.5, 0.6) is 5.75 Å². The molecule has 0 spiro atoms. The Balaban J connectivity index is 2.46. The van der Waals surface area contributed by atoms with E-state index in [1.165, 1.54) is 7.05 Å². The van der Waals surface area contributed by atoms with Gasteiger partial charge in [-0.25, -0.2) is 4.79 Å². The third kappa shape index (κ3) is 3.90. The van der Waals surface area contributed by atoms with Gasteiger partial charge in [0, 0.05) is 11.5 Å². The Morgan fingerprint density at radius 2 is 2.31 bits per heavy atom. The minimum Gasteiger partial charge on any atom is -0.490 e. The van der Waals surface area contributed by atoms with Crippen LogP contribution in [0.25, 0.3) is 0 Å². The average Bonchev–Trinajstić information content (AvgIpc) is 2.20. The number of nitrogens with zero attached hydrogens (tertiary/aromatic N) is 1. The Hall–Kier alpha value is -0.940. The SMILES string of the molecule is CN(CCOc1ccc(Br)cc1Cl)C(=O)O. The molecule has 1 aromatic rings. The number of hydrogen-bond acceptors (Lipinski definition) is 2.